The van der Waals surface area contributed by atoms with Crippen LogP contribution in [0.4, 0.5) is 0 Å². The highest BCUT2D eigenvalue weighted by Crippen LogP contribution is 2.31. The minimum Gasteiger partial charge on any atom is -0.433 e. The summed E-state index contributed by atoms with van der Waals surface area (Å²) in [6.07, 6.45) is -3.62. The second-order valence-electron chi connectivity index (χ2n) is 10.4. The summed E-state index contributed by atoms with van der Waals surface area (Å²) in [5, 5.41) is 0. The SMILES string of the molecule is CC(=O)O[C@H]1O[C@H](COCc2ccccc2)[C@@H](OCc2ccccc2)[C@@H](OCc2ccccc2)[C@@H]1OCc1ccccc1. The molecule has 0 saturated carbocycles. The van der Waals surface area contributed by atoms with Gasteiger partial charge in [-0.3, -0.25) is 4.79 Å². The lowest BCUT2D eigenvalue weighted by atomic mass is 9.97. The van der Waals surface area contributed by atoms with Crippen molar-refractivity contribution in [2.45, 2.75) is 64.1 Å². The maximum Gasteiger partial charge on any atom is 0.305 e. The summed E-state index contributed by atoms with van der Waals surface area (Å²) >= 11 is 0. The van der Waals surface area contributed by atoms with Crippen molar-refractivity contribution >= 4 is 5.97 Å². The topological polar surface area (TPSA) is 72.5 Å². The Morgan fingerprint density at radius 2 is 0.953 bits per heavy atom. The van der Waals surface area contributed by atoms with E-state index in [0.29, 0.717) is 19.8 Å². The van der Waals surface area contributed by atoms with Crippen molar-refractivity contribution in [1.82, 2.24) is 0 Å². The molecule has 1 fully saturated rings. The monoisotopic (exact) mass is 582 g/mol. The van der Waals surface area contributed by atoms with Crippen molar-refractivity contribution in [3.63, 3.8) is 0 Å². The van der Waals surface area contributed by atoms with Gasteiger partial charge in [-0.15, -0.1) is 0 Å². The largest absolute Gasteiger partial charge is 0.433 e. The van der Waals surface area contributed by atoms with Gasteiger partial charge in [0.05, 0.1) is 33.0 Å². The molecule has 0 N–H and O–H groups in total. The molecule has 1 aliphatic heterocycles. The van der Waals surface area contributed by atoms with Gasteiger partial charge in [0.15, 0.2) is 0 Å². The predicted molar refractivity (Wildman–Crippen MR) is 162 cm³/mol. The molecule has 7 nitrogen and oxygen atoms in total. The van der Waals surface area contributed by atoms with E-state index >= 15 is 0 Å². The molecule has 224 valence electrons. The molecular formula is C36H38O7. The molecule has 7 heteroatoms. The fraction of sp³-hybridized carbons (Fsp3) is 0.306. The second-order valence-corrected chi connectivity index (χ2v) is 10.4. The van der Waals surface area contributed by atoms with Gasteiger partial charge in [0.25, 0.3) is 0 Å². The predicted octanol–water partition coefficient (Wildman–Crippen LogP) is 6.25. The van der Waals surface area contributed by atoms with Crippen LogP contribution in [0.5, 0.6) is 0 Å². The number of hydrogen-bond acceptors (Lipinski definition) is 7. The van der Waals surface area contributed by atoms with Crippen molar-refractivity contribution < 1.29 is 33.2 Å². The molecule has 0 amide bonds. The van der Waals surface area contributed by atoms with Crippen molar-refractivity contribution in [2.24, 2.45) is 0 Å². The number of ether oxygens (including phenoxy) is 6. The van der Waals surface area contributed by atoms with Crippen LogP contribution < -0.4 is 0 Å². The zero-order valence-corrected chi connectivity index (χ0v) is 24.3. The van der Waals surface area contributed by atoms with Crippen LogP contribution in [0.15, 0.2) is 121 Å². The standard InChI is InChI=1S/C36H38O7/c1-27(37)42-36-35(41-25-31-20-12-5-13-21-31)34(40-24-30-18-10-4-11-19-30)33(39-23-29-16-8-3-9-17-29)32(43-36)26-38-22-28-14-6-2-7-15-28/h2-21,32-36H,22-26H2,1H3/t32-,33-,34-,35+,36+/m1/s1. The first-order chi connectivity index (χ1) is 21.2. The quantitative estimate of drug-likeness (QED) is 0.163. The van der Waals surface area contributed by atoms with Crippen LogP contribution in [0, 0.1) is 0 Å². The number of carbonyl (C=O) groups is 1. The Balaban J connectivity index is 1.42. The number of benzene rings is 4. The maximum absolute atomic E-state index is 12.3. The Bertz CT molecular complexity index is 1350. The highest BCUT2D eigenvalue weighted by Gasteiger charge is 2.50. The summed E-state index contributed by atoms with van der Waals surface area (Å²) in [6.45, 7) is 2.87. The van der Waals surface area contributed by atoms with Crippen molar-refractivity contribution in [2.75, 3.05) is 6.61 Å². The Labute approximate surface area is 253 Å². The Morgan fingerprint density at radius 1 is 0.558 bits per heavy atom. The fourth-order valence-electron chi connectivity index (χ4n) is 5.01. The Kier molecular flexibility index (Phi) is 11.5. The van der Waals surface area contributed by atoms with Crippen LogP contribution in [0.1, 0.15) is 29.2 Å². The third kappa shape index (κ3) is 9.32. The fourth-order valence-corrected chi connectivity index (χ4v) is 5.01. The lowest BCUT2D eigenvalue weighted by Gasteiger charge is -2.45. The average Bonchev–Trinajstić information content (AvgIpc) is 3.04. The minimum absolute atomic E-state index is 0.197. The van der Waals surface area contributed by atoms with E-state index in [0.717, 1.165) is 22.3 Å². The van der Waals surface area contributed by atoms with Crippen LogP contribution in [-0.4, -0.2) is 43.3 Å². The number of carbonyl (C=O) groups excluding carboxylic acids is 1. The molecule has 0 aliphatic carbocycles. The van der Waals surface area contributed by atoms with Crippen LogP contribution in [0.2, 0.25) is 0 Å². The van der Waals surface area contributed by atoms with E-state index in [1.54, 1.807) is 0 Å². The molecule has 0 aromatic heterocycles. The zero-order chi connectivity index (χ0) is 29.7. The van der Waals surface area contributed by atoms with E-state index in [-0.39, 0.29) is 13.2 Å². The number of hydrogen-bond donors (Lipinski definition) is 0. The molecule has 43 heavy (non-hydrogen) atoms. The van der Waals surface area contributed by atoms with Gasteiger partial charge >= 0.3 is 5.97 Å². The molecule has 1 saturated heterocycles. The Hall–Kier alpha value is -3.85. The molecule has 0 unspecified atom stereocenters. The third-order valence-electron chi connectivity index (χ3n) is 7.12. The van der Waals surface area contributed by atoms with Crippen LogP contribution in [0.3, 0.4) is 0 Å². The highest BCUT2D eigenvalue weighted by molar-refractivity contribution is 5.66. The lowest BCUT2D eigenvalue weighted by molar-refractivity contribution is -0.320. The normalized spacial score (nSPS) is 21.7. The average molecular weight is 583 g/mol. The molecular weight excluding hydrogens is 544 g/mol. The first-order valence-electron chi connectivity index (χ1n) is 14.6. The molecule has 1 heterocycles. The number of rotatable bonds is 14. The van der Waals surface area contributed by atoms with Gasteiger partial charge in [-0.1, -0.05) is 121 Å². The van der Waals surface area contributed by atoms with Crippen LogP contribution in [-0.2, 0) is 59.6 Å². The molecule has 0 bridgehead atoms. The summed E-state index contributed by atoms with van der Waals surface area (Å²) < 4.78 is 37.9. The number of esters is 1. The van der Waals surface area contributed by atoms with Crippen molar-refractivity contribution in [3.05, 3.63) is 144 Å². The van der Waals surface area contributed by atoms with E-state index in [1.807, 2.05) is 121 Å². The van der Waals surface area contributed by atoms with Crippen LogP contribution >= 0.6 is 0 Å². The van der Waals surface area contributed by atoms with Gasteiger partial charge in [-0.25, -0.2) is 0 Å². The van der Waals surface area contributed by atoms with Crippen molar-refractivity contribution in [3.8, 4) is 0 Å². The smallest absolute Gasteiger partial charge is 0.305 e. The van der Waals surface area contributed by atoms with Gasteiger partial charge in [0.1, 0.15) is 24.4 Å². The first kappa shape index (κ1) is 30.6. The van der Waals surface area contributed by atoms with Crippen molar-refractivity contribution in [1.29, 1.82) is 0 Å². The van der Waals surface area contributed by atoms with Gasteiger partial charge in [0, 0.05) is 6.92 Å². The van der Waals surface area contributed by atoms with E-state index < -0.39 is 36.7 Å². The first-order valence-corrected chi connectivity index (χ1v) is 14.6. The summed E-state index contributed by atoms with van der Waals surface area (Å²) in [4.78, 5) is 12.3. The lowest BCUT2D eigenvalue weighted by Crippen LogP contribution is -2.62. The van der Waals surface area contributed by atoms with E-state index in [1.165, 1.54) is 6.92 Å². The summed E-state index contributed by atoms with van der Waals surface area (Å²) in [6, 6.07) is 39.6. The summed E-state index contributed by atoms with van der Waals surface area (Å²) in [7, 11) is 0. The van der Waals surface area contributed by atoms with Gasteiger partial charge in [-0.05, 0) is 22.3 Å². The minimum atomic E-state index is -1.02. The van der Waals surface area contributed by atoms with E-state index in [2.05, 4.69) is 0 Å². The highest BCUT2D eigenvalue weighted by atomic mass is 16.7. The van der Waals surface area contributed by atoms with E-state index in [9.17, 15) is 4.79 Å². The Morgan fingerprint density at radius 3 is 1.40 bits per heavy atom. The van der Waals surface area contributed by atoms with Gasteiger partial charge in [-0.2, -0.15) is 0 Å². The molecule has 4 aromatic carbocycles. The van der Waals surface area contributed by atoms with Gasteiger partial charge < -0.3 is 28.4 Å². The molecule has 5 rings (SSSR count). The molecule has 5 atom stereocenters. The van der Waals surface area contributed by atoms with Gasteiger partial charge in [0.2, 0.25) is 6.29 Å². The summed E-state index contributed by atoms with van der Waals surface area (Å²) in [5.74, 6) is -0.479. The second kappa shape index (κ2) is 16.1. The molecule has 0 radical (unpaired) electrons. The maximum atomic E-state index is 12.3. The zero-order valence-electron chi connectivity index (χ0n) is 24.3. The molecule has 0 spiro atoms. The third-order valence-corrected chi connectivity index (χ3v) is 7.12. The molecule has 1 aliphatic rings. The van der Waals surface area contributed by atoms with Crippen LogP contribution in [0.25, 0.3) is 0 Å². The summed E-state index contributed by atoms with van der Waals surface area (Å²) in [5.41, 5.74) is 4.02. The van der Waals surface area contributed by atoms with E-state index in [4.69, 9.17) is 28.4 Å². The molecule has 4 aromatic rings.